The Hall–Kier alpha value is -1.50. The molecular weight excluding hydrogens is 260 g/mol. The Morgan fingerprint density at radius 2 is 2.05 bits per heavy atom. The minimum Gasteiger partial charge on any atom is -0.497 e. The van der Waals surface area contributed by atoms with Gasteiger partial charge in [-0.1, -0.05) is 31.4 Å². The van der Waals surface area contributed by atoms with E-state index in [9.17, 15) is 0 Å². The fourth-order valence-electron chi connectivity index (χ4n) is 2.35. The van der Waals surface area contributed by atoms with Crippen LogP contribution >= 0.6 is 0 Å². The molecule has 21 heavy (non-hydrogen) atoms. The summed E-state index contributed by atoms with van der Waals surface area (Å²) >= 11 is 0. The van der Waals surface area contributed by atoms with Crippen LogP contribution in [0.15, 0.2) is 24.3 Å². The third-order valence-corrected chi connectivity index (χ3v) is 3.88. The molecule has 3 nitrogen and oxygen atoms in total. The fourth-order valence-corrected chi connectivity index (χ4v) is 2.35. The topological polar surface area (TPSA) is 47.3 Å². The number of nitrogens with two attached hydrogens (primary N) is 1. The Bertz CT molecular complexity index is 449. The van der Waals surface area contributed by atoms with Gasteiger partial charge in [-0.3, -0.25) is 5.32 Å². The van der Waals surface area contributed by atoms with Crippen molar-refractivity contribution in [3.8, 4) is 18.1 Å². The highest BCUT2D eigenvalue weighted by Crippen LogP contribution is 2.17. The van der Waals surface area contributed by atoms with Gasteiger partial charge in [0, 0.05) is 12.1 Å². The average Bonchev–Trinajstić information content (AvgIpc) is 2.53. The van der Waals surface area contributed by atoms with Crippen LogP contribution in [0.5, 0.6) is 5.75 Å². The third kappa shape index (κ3) is 5.79. The van der Waals surface area contributed by atoms with Crippen LogP contribution < -0.4 is 15.8 Å². The lowest BCUT2D eigenvalue weighted by atomic mass is 9.91. The van der Waals surface area contributed by atoms with Crippen molar-refractivity contribution >= 4 is 0 Å². The second-order valence-electron chi connectivity index (χ2n) is 5.77. The largest absolute Gasteiger partial charge is 0.497 e. The number of nitrogens with one attached hydrogen (secondary N) is 1. The minimum absolute atomic E-state index is 0.0967. The summed E-state index contributed by atoms with van der Waals surface area (Å²) in [5.74, 6) is 3.71. The Labute approximate surface area is 129 Å². The van der Waals surface area contributed by atoms with Gasteiger partial charge in [-0.15, -0.1) is 6.42 Å². The normalized spacial score (nSPS) is 15.0. The summed E-state index contributed by atoms with van der Waals surface area (Å²) in [4.78, 5) is 0. The number of methoxy groups -OCH3 is 1. The highest BCUT2D eigenvalue weighted by Gasteiger charge is 2.24. The zero-order chi connectivity index (χ0) is 15.7. The van der Waals surface area contributed by atoms with E-state index in [4.69, 9.17) is 16.9 Å². The summed E-state index contributed by atoms with van der Waals surface area (Å²) in [5.41, 5.74) is 7.11. The summed E-state index contributed by atoms with van der Waals surface area (Å²) < 4.78 is 5.18. The molecule has 0 aliphatic carbocycles. The predicted molar refractivity (Wildman–Crippen MR) is 89.4 cm³/mol. The number of benzene rings is 1. The smallest absolute Gasteiger partial charge is 0.118 e. The van der Waals surface area contributed by atoms with Crippen LogP contribution in [0.2, 0.25) is 0 Å². The van der Waals surface area contributed by atoms with Crippen molar-refractivity contribution in [3.05, 3.63) is 29.8 Å². The number of hydrogen-bond donors (Lipinski definition) is 2. The van der Waals surface area contributed by atoms with E-state index < -0.39 is 0 Å². The van der Waals surface area contributed by atoms with Crippen LogP contribution in [0, 0.1) is 12.3 Å². The van der Waals surface area contributed by atoms with Crippen LogP contribution in [0.3, 0.4) is 0 Å². The summed E-state index contributed by atoms with van der Waals surface area (Å²) in [6.45, 7) is 4.87. The predicted octanol–water partition coefficient (Wildman–Crippen LogP) is 2.74. The Kier molecular flexibility index (Phi) is 7.28. The molecule has 0 saturated carbocycles. The van der Waals surface area contributed by atoms with Crippen LogP contribution in [-0.2, 0) is 6.42 Å². The maximum absolute atomic E-state index is 5.96. The lowest BCUT2D eigenvalue weighted by molar-refractivity contribution is 0.313. The maximum Gasteiger partial charge on any atom is 0.118 e. The highest BCUT2D eigenvalue weighted by molar-refractivity contribution is 5.27. The number of rotatable bonds is 9. The molecule has 0 heterocycles. The van der Waals surface area contributed by atoms with Crippen LogP contribution in [0.4, 0.5) is 0 Å². The van der Waals surface area contributed by atoms with E-state index in [0.717, 1.165) is 31.4 Å². The van der Waals surface area contributed by atoms with Gasteiger partial charge >= 0.3 is 0 Å². The van der Waals surface area contributed by atoms with Gasteiger partial charge in [0.2, 0.25) is 0 Å². The second-order valence-corrected chi connectivity index (χ2v) is 5.77. The van der Waals surface area contributed by atoms with Gasteiger partial charge in [0.05, 0.1) is 13.2 Å². The molecule has 0 aliphatic rings. The molecule has 0 amide bonds. The van der Waals surface area contributed by atoms with E-state index >= 15 is 0 Å². The molecule has 0 fully saturated rings. The Morgan fingerprint density at radius 3 is 2.52 bits per heavy atom. The fraction of sp³-hybridized carbons (Fsp3) is 0.556. The summed E-state index contributed by atoms with van der Waals surface area (Å²) in [7, 11) is 1.68. The average molecular weight is 288 g/mol. The minimum atomic E-state index is -0.133. The molecule has 0 aliphatic heterocycles. The molecule has 3 N–H and O–H groups in total. The van der Waals surface area contributed by atoms with Crippen molar-refractivity contribution in [2.45, 2.75) is 51.1 Å². The Balaban J connectivity index is 2.60. The van der Waals surface area contributed by atoms with Gasteiger partial charge in [-0.2, -0.15) is 0 Å². The molecule has 0 radical (unpaired) electrons. The van der Waals surface area contributed by atoms with Gasteiger partial charge in [0.25, 0.3) is 0 Å². The first-order valence-electron chi connectivity index (χ1n) is 7.63. The van der Waals surface area contributed by atoms with Crippen molar-refractivity contribution in [1.82, 2.24) is 5.32 Å². The number of ether oxygens (including phenoxy) is 1. The van der Waals surface area contributed by atoms with Crippen molar-refractivity contribution < 1.29 is 4.74 Å². The molecule has 0 spiro atoms. The molecule has 2 unspecified atom stereocenters. The lowest BCUT2D eigenvalue weighted by Gasteiger charge is -2.32. The number of hydrogen-bond acceptors (Lipinski definition) is 3. The monoisotopic (exact) mass is 288 g/mol. The van der Waals surface area contributed by atoms with E-state index in [1.54, 1.807) is 7.11 Å². The molecule has 1 rings (SSSR count). The zero-order valence-electron chi connectivity index (χ0n) is 13.5. The molecular formula is C18H28N2O. The molecule has 0 aromatic heterocycles. The number of terminal acetylenes is 1. The quantitative estimate of drug-likeness (QED) is 0.687. The van der Waals surface area contributed by atoms with E-state index in [0.29, 0.717) is 6.54 Å². The SMILES string of the molecule is C#CC(CCC)NC(C)(CN)CCc1ccc(OC)cc1. The molecule has 1 aromatic carbocycles. The van der Waals surface area contributed by atoms with Gasteiger partial charge in [0.15, 0.2) is 0 Å². The number of aryl methyl sites for hydroxylation is 1. The molecule has 116 valence electrons. The van der Waals surface area contributed by atoms with Gasteiger partial charge in [-0.05, 0) is 43.9 Å². The van der Waals surface area contributed by atoms with Gasteiger partial charge in [-0.25, -0.2) is 0 Å². The van der Waals surface area contributed by atoms with Crippen molar-refractivity contribution in [2.75, 3.05) is 13.7 Å². The van der Waals surface area contributed by atoms with Crippen LogP contribution in [-0.4, -0.2) is 25.2 Å². The van der Waals surface area contributed by atoms with Crippen molar-refractivity contribution in [3.63, 3.8) is 0 Å². The van der Waals surface area contributed by atoms with E-state index in [-0.39, 0.29) is 11.6 Å². The van der Waals surface area contributed by atoms with Crippen LogP contribution in [0.1, 0.15) is 38.7 Å². The first kappa shape index (κ1) is 17.6. The van der Waals surface area contributed by atoms with E-state index in [2.05, 4.69) is 37.2 Å². The summed E-state index contributed by atoms with van der Waals surface area (Å²) in [6, 6.07) is 8.27. The van der Waals surface area contributed by atoms with E-state index in [1.807, 2.05) is 12.1 Å². The maximum atomic E-state index is 5.96. The van der Waals surface area contributed by atoms with Crippen LogP contribution in [0.25, 0.3) is 0 Å². The standard InChI is InChI=1S/C18H28N2O/c1-5-7-16(6-2)20-18(3,14-19)13-12-15-8-10-17(21-4)11-9-15/h2,8-11,16,20H,5,7,12-14,19H2,1,3-4H3. The van der Waals surface area contributed by atoms with Crippen molar-refractivity contribution in [1.29, 1.82) is 0 Å². The molecule has 3 heteroatoms. The zero-order valence-corrected chi connectivity index (χ0v) is 13.5. The molecule has 0 bridgehead atoms. The Morgan fingerprint density at radius 1 is 1.38 bits per heavy atom. The molecule has 2 atom stereocenters. The highest BCUT2D eigenvalue weighted by atomic mass is 16.5. The summed E-state index contributed by atoms with van der Waals surface area (Å²) in [6.07, 6.45) is 9.57. The summed E-state index contributed by atoms with van der Waals surface area (Å²) in [5, 5.41) is 3.54. The third-order valence-electron chi connectivity index (χ3n) is 3.88. The molecule has 1 aromatic rings. The van der Waals surface area contributed by atoms with E-state index in [1.165, 1.54) is 5.56 Å². The van der Waals surface area contributed by atoms with Gasteiger partial charge in [0.1, 0.15) is 5.75 Å². The lowest BCUT2D eigenvalue weighted by Crippen LogP contribution is -2.53. The van der Waals surface area contributed by atoms with Gasteiger partial charge < -0.3 is 10.5 Å². The van der Waals surface area contributed by atoms with Crippen molar-refractivity contribution in [2.24, 2.45) is 5.73 Å². The second kappa shape index (κ2) is 8.71. The first-order chi connectivity index (χ1) is 10.1. The first-order valence-corrected chi connectivity index (χ1v) is 7.63. The molecule has 0 saturated heterocycles.